The third-order valence-electron chi connectivity index (χ3n) is 5.27. The van der Waals surface area contributed by atoms with E-state index in [4.69, 9.17) is 5.73 Å². The Hall–Kier alpha value is -3.32. The van der Waals surface area contributed by atoms with Crippen LogP contribution >= 0.6 is 0 Å². The largest absolute Gasteiger partial charge is 0.492 e. The minimum absolute atomic E-state index is 0.150. The molecule has 1 aliphatic carbocycles. The molecular weight excluding hydrogens is 340 g/mol. The lowest BCUT2D eigenvalue weighted by Crippen LogP contribution is -2.43. The molecule has 5 rings (SSSR count). The number of nitrogens with two attached hydrogens (primary N) is 1. The van der Waals surface area contributed by atoms with Gasteiger partial charge in [0.05, 0.1) is 0 Å². The molecule has 3 N–H and O–H groups in total. The molecule has 3 aromatic heterocycles. The summed E-state index contributed by atoms with van der Waals surface area (Å²) in [5, 5.41) is 10.1. The third kappa shape index (κ3) is 2.47. The second kappa shape index (κ2) is 5.85. The predicted octanol–water partition coefficient (Wildman–Crippen LogP) is 2.92. The monoisotopic (exact) mass is 358 g/mol. The van der Waals surface area contributed by atoms with Gasteiger partial charge in [0.25, 0.3) is 0 Å². The van der Waals surface area contributed by atoms with Crippen LogP contribution in [0.5, 0.6) is 5.88 Å². The zero-order valence-corrected chi connectivity index (χ0v) is 14.6. The van der Waals surface area contributed by atoms with Crippen molar-refractivity contribution >= 4 is 11.2 Å². The average molecular weight is 358 g/mol. The van der Waals surface area contributed by atoms with Gasteiger partial charge in [-0.05, 0) is 49.1 Å². The second-order valence-electron chi connectivity index (χ2n) is 6.91. The quantitative estimate of drug-likeness (QED) is 0.584. The second-order valence-corrected chi connectivity index (χ2v) is 6.91. The van der Waals surface area contributed by atoms with Gasteiger partial charge in [0.2, 0.25) is 5.88 Å². The van der Waals surface area contributed by atoms with Crippen molar-refractivity contribution in [3.63, 3.8) is 0 Å². The number of aromatic nitrogens is 5. The topological polar surface area (TPSA) is 103 Å². The first-order valence-corrected chi connectivity index (χ1v) is 8.89. The Bertz CT molecular complexity index is 1120. The van der Waals surface area contributed by atoms with Crippen LogP contribution in [0.1, 0.15) is 24.8 Å². The van der Waals surface area contributed by atoms with E-state index in [1.54, 1.807) is 6.20 Å². The van der Waals surface area contributed by atoms with Gasteiger partial charge in [0, 0.05) is 17.4 Å². The number of benzene rings is 1. The molecule has 134 valence electrons. The zero-order valence-electron chi connectivity index (χ0n) is 14.6. The molecular formula is C20H18N6O. The van der Waals surface area contributed by atoms with Gasteiger partial charge < -0.3 is 10.8 Å². The first-order chi connectivity index (χ1) is 13.2. The normalized spacial score (nSPS) is 15.6. The molecule has 7 heteroatoms. The van der Waals surface area contributed by atoms with Crippen molar-refractivity contribution in [3.8, 4) is 23.1 Å². The van der Waals surface area contributed by atoms with Gasteiger partial charge in [-0.1, -0.05) is 18.2 Å². The van der Waals surface area contributed by atoms with Crippen LogP contribution in [0.2, 0.25) is 0 Å². The van der Waals surface area contributed by atoms with Crippen molar-refractivity contribution < 1.29 is 5.11 Å². The number of rotatable bonds is 3. The fourth-order valence-corrected chi connectivity index (χ4v) is 3.58. The van der Waals surface area contributed by atoms with E-state index in [2.05, 4.69) is 32.1 Å². The highest BCUT2D eigenvalue weighted by Gasteiger charge is 2.34. The number of nitrogens with zero attached hydrogens (tertiary/aromatic N) is 5. The highest BCUT2D eigenvalue weighted by molar-refractivity contribution is 5.82. The molecule has 1 fully saturated rings. The Morgan fingerprint density at radius 3 is 2.48 bits per heavy atom. The molecule has 1 aliphatic rings. The van der Waals surface area contributed by atoms with Gasteiger partial charge >= 0.3 is 0 Å². The molecule has 7 nitrogen and oxygen atoms in total. The van der Waals surface area contributed by atoms with E-state index in [1.165, 1.54) is 12.7 Å². The van der Waals surface area contributed by atoms with Gasteiger partial charge in [-0.15, -0.1) is 0 Å². The highest BCUT2D eigenvalue weighted by atomic mass is 16.3. The van der Waals surface area contributed by atoms with Crippen molar-refractivity contribution in [1.29, 1.82) is 0 Å². The van der Waals surface area contributed by atoms with Crippen LogP contribution in [0, 0.1) is 0 Å². The van der Waals surface area contributed by atoms with E-state index in [9.17, 15) is 5.11 Å². The van der Waals surface area contributed by atoms with Crippen LogP contribution in [0.4, 0.5) is 0 Å². The fraction of sp³-hybridized carbons (Fsp3) is 0.200. The molecule has 0 amide bonds. The Morgan fingerprint density at radius 1 is 1.00 bits per heavy atom. The van der Waals surface area contributed by atoms with Crippen LogP contribution in [0.3, 0.4) is 0 Å². The number of pyridine rings is 1. The van der Waals surface area contributed by atoms with E-state index in [1.807, 2.05) is 34.9 Å². The standard InChI is InChI=1S/C20H18N6O/c21-20(9-3-10-20)13-5-7-14(8-6-13)26-17(15-4-1-2-11-22-15)25-16-18(26)23-12-24-19(16)27/h1-2,4-8,11-12H,3,9-10,21H2,(H,23,24,27). The van der Waals surface area contributed by atoms with Crippen molar-refractivity contribution in [2.45, 2.75) is 24.8 Å². The van der Waals surface area contributed by atoms with Crippen LogP contribution in [0.25, 0.3) is 28.4 Å². The first-order valence-electron chi connectivity index (χ1n) is 8.89. The maximum Gasteiger partial charge on any atom is 0.242 e. The lowest BCUT2D eigenvalue weighted by atomic mass is 9.73. The van der Waals surface area contributed by atoms with Gasteiger partial charge in [0.15, 0.2) is 17.0 Å². The molecule has 1 saturated carbocycles. The summed E-state index contributed by atoms with van der Waals surface area (Å²) < 4.78 is 1.88. The summed E-state index contributed by atoms with van der Waals surface area (Å²) in [6, 6.07) is 13.8. The molecule has 0 aliphatic heterocycles. The molecule has 0 saturated heterocycles. The average Bonchev–Trinajstić information content (AvgIpc) is 3.08. The Morgan fingerprint density at radius 2 is 1.81 bits per heavy atom. The Balaban J connectivity index is 1.71. The lowest BCUT2D eigenvalue weighted by Gasteiger charge is -2.38. The third-order valence-corrected chi connectivity index (χ3v) is 5.27. The molecule has 0 bridgehead atoms. The summed E-state index contributed by atoms with van der Waals surface area (Å²) in [5.41, 5.74) is 9.81. The zero-order chi connectivity index (χ0) is 18.4. The number of hydrogen-bond donors (Lipinski definition) is 2. The van der Waals surface area contributed by atoms with Gasteiger partial charge in [-0.2, -0.15) is 4.98 Å². The minimum Gasteiger partial charge on any atom is -0.492 e. The van der Waals surface area contributed by atoms with Crippen LogP contribution in [0.15, 0.2) is 55.0 Å². The first kappa shape index (κ1) is 15.9. The molecule has 0 radical (unpaired) electrons. The van der Waals surface area contributed by atoms with Crippen LogP contribution < -0.4 is 5.73 Å². The van der Waals surface area contributed by atoms with Crippen molar-refractivity contribution in [1.82, 2.24) is 24.5 Å². The Labute approximate surface area is 155 Å². The van der Waals surface area contributed by atoms with Gasteiger partial charge in [-0.25, -0.2) is 9.97 Å². The van der Waals surface area contributed by atoms with E-state index in [0.29, 0.717) is 22.7 Å². The van der Waals surface area contributed by atoms with Crippen LogP contribution in [-0.2, 0) is 5.54 Å². The van der Waals surface area contributed by atoms with E-state index >= 15 is 0 Å². The maximum atomic E-state index is 10.1. The van der Waals surface area contributed by atoms with Gasteiger partial charge in [0.1, 0.15) is 12.0 Å². The van der Waals surface area contributed by atoms with Crippen LogP contribution in [-0.4, -0.2) is 29.6 Å². The number of aromatic hydroxyl groups is 1. The molecule has 3 heterocycles. The summed E-state index contributed by atoms with van der Waals surface area (Å²) >= 11 is 0. The van der Waals surface area contributed by atoms with E-state index < -0.39 is 0 Å². The summed E-state index contributed by atoms with van der Waals surface area (Å²) in [6.07, 6.45) is 6.24. The highest BCUT2D eigenvalue weighted by Crippen LogP contribution is 2.39. The van der Waals surface area contributed by atoms with Crippen molar-refractivity contribution in [2.75, 3.05) is 0 Å². The molecule has 0 spiro atoms. The Kier molecular flexibility index (Phi) is 3.45. The van der Waals surface area contributed by atoms with E-state index in [-0.39, 0.29) is 11.4 Å². The van der Waals surface area contributed by atoms with E-state index in [0.717, 1.165) is 24.1 Å². The smallest absolute Gasteiger partial charge is 0.242 e. The molecule has 0 unspecified atom stereocenters. The summed E-state index contributed by atoms with van der Waals surface area (Å²) in [5.74, 6) is 0.447. The van der Waals surface area contributed by atoms with Gasteiger partial charge in [-0.3, -0.25) is 9.55 Å². The number of fused-ring (bicyclic) bond motifs is 1. The summed E-state index contributed by atoms with van der Waals surface area (Å²) in [6.45, 7) is 0. The lowest BCUT2D eigenvalue weighted by molar-refractivity contribution is 0.253. The maximum absolute atomic E-state index is 10.1. The number of hydrogen-bond acceptors (Lipinski definition) is 6. The van der Waals surface area contributed by atoms with Crippen molar-refractivity contribution in [3.05, 3.63) is 60.6 Å². The molecule has 27 heavy (non-hydrogen) atoms. The number of imidazole rings is 1. The predicted molar refractivity (Wildman–Crippen MR) is 101 cm³/mol. The van der Waals surface area contributed by atoms with Crippen molar-refractivity contribution in [2.24, 2.45) is 5.73 Å². The summed E-state index contributed by atoms with van der Waals surface area (Å²) in [7, 11) is 0. The minimum atomic E-state index is -0.209. The molecule has 0 atom stereocenters. The molecule has 1 aromatic carbocycles. The fourth-order valence-electron chi connectivity index (χ4n) is 3.58. The SMILES string of the molecule is NC1(c2ccc(-n3c(-c4ccccn4)nc4c(O)ncnc43)cc2)CCC1. The molecule has 4 aromatic rings. The summed E-state index contributed by atoms with van der Waals surface area (Å²) in [4.78, 5) is 17.2.